The minimum atomic E-state index is -0.256. The Bertz CT molecular complexity index is 423. The van der Waals surface area contributed by atoms with Crippen LogP contribution in [0.2, 0.25) is 5.02 Å². The fraction of sp³-hybridized carbons (Fsp3) is 0.600. The molecule has 15 heavy (non-hydrogen) atoms. The summed E-state index contributed by atoms with van der Waals surface area (Å²) in [4.78, 5) is 11.5. The molecule has 1 N–H and O–H groups in total. The van der Waals surface area contributed by atoms with Gasteiger partial charge in [0.1, 0.15) is 5.02 Å². The summed E-state index contributed by atoms with van der Waals surface area (Å²) in [5, 5.41) is 7.39. The molecule has 1 saturated carbocycles. The summed E-state index contributed by atoms with van der Waals surface area (Å²) >= 11 is 5.92. The van der Waals surface area contributed by atoms with Gasteiger partial charge in [0, 0.05) is 13.1 Å². The fourth-order valence-corrected chi connectivity index (χ4v) is 2.08. The molecule has 0 atom stereocenters. The number of hydrogen-bond acceptors (Lipinski definition) is 3. The van der Waals surface area contributed by atoms with Gasteiger partial charge in [0.25, 0.3) is 5.56 Å². The van der Waals surface area contributed by atoms with Crippen molar-refractivity contribution >= 4 is 17.3 Å². The largest absolute Gasteiger partial charge is 0.380 e. The van der Waals surface area contributed by atoms with Crippen LogP contribution in [0.1, 0.15) is 19.8 Å². The van der Waals surface area contributed by atoms with E-state index in [1.165, 1.54) is 4.68 Å². The Labute approximate surface area is 93.2 Å². The Balaban J connectivity index is 2.15. The lowest BCUT2D eigenvalue weighted by molar-refractivity contribution is 0.309. The quantitative estimate of drug-likeness (QED) is 0.836. The van der Waals surface area contributed by atoms with Gasteiger partial charge < -0.3 is 5.32 Å². The van der Waals surface area contributed by atoms with Gasteiger partial charge in [0.15, 0.2) is 0 Å². The van der Waals surface area contributed by atoms with Crippen LogP contribution in [-0.4, -0.2) is 15.8 Å². The average molecular weight is 228 g/mol. The van der Waals surface area contributed by atoms with Crippen molar-refractivity contribution < 1.29 is 0 Å². The van der Waals surface area contributed by atoms with Crippen LogP contribution in [0.5, 0.6) is 0 Å². The van der Waals surface area contributed by atoms with E-state index in [1.54, 1.807) is 13.2 Å². The molecule has 0 spiro atoms. The van der Waals surface area contributed by atoms with Crippen molar-refractivity contribution in [1.29, 1.82) is 0 Å². The molecular formula is C10H14ClN3O. The molecule has 0 amide bonds. The molecular weight excluding hydrogens is 214 g/mol. The third-order valence-corrected chi connectivity index (χ3v) is 3.18. The van der Waals surface area contributed by atoms with E-state index in [-0.39, 0.29) is 10.6 Å². The first-order chi connectivity index (χ1) is 7.08. The van der Waals surface area contributed by atoms with Crippen LogP contribution in [0, 0.1) is 5.92 Å². The molecule has 82 valence electrons. The van der Waals surface area contributed by atoms with E-state index < -0.39 is 0 Å². The third kappa shape index (κ3) is 2.00. The molecule has 0 aromatic carbocycles. The zero-order valence-corrected chi connectivity index (χ0v) is 9.58. The minimum absolute atomic E-state index is 0.229. The van der Waals surface area contributed by atoms with Gasteiger partial charge in [-0.1, -0.05) is 18.5 Å². The van der Waals surface area contributed by atoms with E-state index in [0.717, 1.165) is 18.8 Å². The predicted octanol–water partition coefficient (Wildman–Crippen LogP) is 1.64. The summed E-state index contributed by atoms with van der Waals surface area (Å²) in [6.07, 6.45) is 3.86. The highest BCUT2D eigenvalue weighted by Gasteiger charge is 2.25. The first-order valence-corrected chi connectivity index (χ1v) is 5.44. The van der Waals surface area contributed by atoms with Crippen LogP contribution in [-0.2, 0) is 7.05 Å². The molecule has 1 fully saturated rings. The third-order valence-electron chi connectivity index (χ3n) is 2.81. The number of hydrogen-bond donors (Lipinski definition) is 1. The van der Waals surface area contributed by atoms with Gasteiger partial charge in [0.2, 0.25) is 0 Å². The van der Waals surface area contributed by atoms with Gasteiger partial charge in [-0.25, -0.2) is 4.68 Å². The van der Waals surface area contributed by atoms with Gasteiger partial charge in [-0.3, -0.25) is 4.79 Å². The number of halogens is 1. The van der Waals surface area contributed by atoms with E-state index >= 15 is 0 Å². The van der Waals surface area contributed by atoms with E-state index in [0.29, 0.717) is 11.7 Å². The number of nitrogens with one attached hydrogen (secondary N) is 1. The van der Waals surface area contributed by atoms with Crippen LogP contribution >= 0.6 is 11.6 Å². The van der Waals surface area contributed by atoms with Crippen molar-refractivity contribution in [3.8, 4) is 0 Å². The van der Waals surface area contributed by atoms with Crippen LogP contribution < -0.4 is 10.9 Å². The summed E-state index contributed by atoms with van der Waals surface area (Å²) in [6.45, 7) is 2.21. The van der Waals surface area contributed by atoms with Crippen LogP contribution in [0.15, 0.2) is 11.0 Å². The van der Waals surface area contributed by atoms with E-state index in [9.17, 15) is 4.79 Å². The van der Waals surface area contributed by atoms with E-state index in [4.69, 9.17) is 11.6 Å². The smallest absolute Gasteiger partial charge is 0.287 e. The highest BCUT2D eigenvalue weighted by molar-refractivity contribution is 6.32. The van der Waals surface area contributed by atoms with Crippen molar-refractivity contribution in [2.45, 2.75) is 25.8 Å². The topological polar surface area (TPSA) is 46.9 Å². The van der Waals surface area contributed by atoms with E-state index in [1.807, 2.05) is 0 Å². The molecule has 1 aliphatic rings. The molecule has 5 heteroatoms. The molecule has 4 nitrogen and oxygen atoms in total. The van der Waals surface area contributed by atoms with Crippen LogP contribution in [0.25, 0.3) is 0 Å². The maximum Gasteiger partial charge on any atom is 0.287 e. The second-order valence-electron chi connectivity index (χ2n) is 4.22. The van der Waals surface area contributed by atoms with Crippen molar-refractivity contribution in [1.82, 2.24) is 9.78 Å². The molecule has 0 radical (unpaired) electrons. The molecule has 1 aromatic rings. The Kier molecular flexibility index (Phi) is 2.69. The van der Waals surface area contributed by atoms with Gasteiger partial charge in [-0.05, 0) is 18.8 Å². The number of nitrogens with zero attached hydrogens (tertiary/aromatic N) is 2. The molecule has 2 rings (SSSR count). The summed E-state index contributed by atoms with van der Waals surface area (Å²) in [5.74, 6) is 0.765. The van der Waals surface area contributed by atoms with Gasteiger partial charge in [0.05, 0.1) is 11.9 Å². The molecule has 1 heterocycles. The van der Waals surface area contributed by atoms with Crippen molar-refractivity contribution in [3.63, 3.8) is 0 Å². The lowest BCUT2D eigenvalue weighted by Crippen LogP contribution is -2.34. The summed E-state index contributed by atoms with van der Waals surface area (Å²) < 4.78 is 1.23. The molecule has 0 aliphatic heterocycles. The van der Waals surface area contributed by atoms with Crippen LogP contribution in [0.4, 0.5) is 5.69 Å². The Morgan fingerprint density at radius 2 is 2.27 bits per heavy atom. The summed E-state index contributed by atoms with van der Waals surface area (Å²) in [5.41, 5.74) is 0.394. The second-order valence-corrected chi connectivity index (χ2v) is 4.60. The second kappa shape index (κ2) is 3.85. The highest BCUT2D eigenvalue weighted by atomic mass is 35.5. The normalized spacial score (nSPS) is 24.7. The maximum atomic E-state index is 11.5. The van der Waals surface area contributed by atoms with Crippen molar-refractivity contribution in [2.75, 3.05) is 5.32 Å². The monoisotopic (exact) mass is 227 g/mol. The molecule has 0 unspecified atom stereocenters. The van der Waals surface area contributed by atoms with Gasteiger partial charge in [-0.15, -0.1) is 0 Å². The standard InChI is InChI=1S/C10H14ClN3O/c1-6-3-7(4-6)13-8-5-12-14(2)10(15)9(8)11/h5-7,13H,3-4H2,1-2H3. The minimum Gasteiger partial charge on any atom is -0.380 e. The zero-order chi connectivity index (χ0) is 11.0. The predicted molar refractivity (Wildman–Crippen MR) is 60.3 cm³/mol. The zero-order valence-electron chi connectivity index (χ0n) is 8.83. The molecule has 1 aromatic heterocycles. The van der Waals surface area contributed by atoms with Gasteiger partial charge in [-0.2, -0.15) is 5.10 Å². The maximum absolute atomic E-state index is 11.5. The van der Waals surface area contributed by atoms with Crippen molar-refractivity contribution in [2.24, 2.45) is 13.0 Å². The molecule has 0 bridgehead atoms. The Morgan fingerprint density at radius 1 is 1.60 bits per heavy atom. The number of anilines is 1. The average Bonchev–Trinajstić information content (AvgIpc) is 2.16. The Morgan fingerprint density at radius 3 is 2.87 bits per heavy atom. The number of aryl methyl sites for hydroxylation is 1. The fourth-order valence-electron chi connectivity index (χ4n) is 1.85. The molecule has 0 saturated heterocycles. The lowest BCUT2D eigenvalue weighted by atomic mass is 9.82. The van der Waals surface area contributed by atoms with E-state index in [2.05, 4.69) is 17.3 Å². The number of rotatable bonds is 2. The summed E-state index contributed by atoms with van der Waals surface area (Å²) in [7, 11) is 1.59. The SMILES string of the molecule is CC1CC(Nc2cnn(C)c(=O)c2Cl)C1. The Hall–Kier alpha value is -1.03. The number of aromatic nitrogens is 2. The first-order valence-electron chi connectivity index (χ1n) is 5.06. The van der Waals surface area contributed by atoms with Crippen molar-refractivity contribution in [3.05, 3.63) is 21.6 Å². The highest BCUT2D eigenvalue weighted by Crippen LogP contribution is 2.30. The first kappa shape index (κ1) is 10.5. The summed E-state index contributed by atoms with van der Waals surface area (Å²) in [6, 6.07) is 0.436. The molecule has 1 aliphatic carbocycles. The van der Waals surface area contributed by atoms with Gasteiger partial charge >= 0.3 is 0 Å². The van der Waals surface area contributed by atoms with Crippen LogP contribution in [0.3, 0.4) is 0 Å². The lowest BCUT2D eigenvalue weighted by Gasteiger charge is -2.34.